The van der Waals surface area contributed by atoms with E-state index in [1.165, 1.54) is 5.56 Å². The molecule has 1 rings (SSSR count). The molecule has 0 fully saturated rings. The van der Waals surface area contributed by atoms with Crippen LogP contribution in [-0.2, 0) is 0 Å². The molecule has 0 nitrogen and oxygen atoms in total. The van der Waals surface area contributed by atoms with Crippen molar-refractivity contribution in [3.05, 3.63) is 40.4 Å². The average molecular weight is 211 g/mol. The number of hydrogen-bond donors (Lipinski definition) is 0. The van der Waals surface area contributed by atoms with Crippen LogP contribution in [0.1, 0.15) is 18.9 Å². The van der Waals surface area contributed by atoms with E-state index in [9.17, 15) is 0 Å². The molecule has 58 valence electrons. The summed E-state index contributed by atoms with van der Waals surface area (Å²) in [5.41, 5.74) is 1.24. The van der Waals surface area contributed by atoms with Crippen LogP contribution in [0.5, 0.6) is 0 Å². The molecule has 0 N–H and O–H groups in total. The molecule has 0 amide bonds. The molecular formula is C10H11Br. The van der Waals surface area contributed by atoms with Gasteiger partial charge in [0, 0.05) is 4.47 Å². The Bertz CT molecular complexity index is 251. The summed E-state index contributed by atoms with van der Waals surface area (Å²) in [6.45, 7) is 2.13. The fourth-order valence-corrected chi connectivity index (χ4v) is 1.27. The quantitative estimate of drug-likeness (QED) is 0.696. The molecule has 1 heteroatoms. The molecule has 0 aliphatic carbocycles. The number of hydrogen-bond acceptors (Lipinski definition) is 0. The lowest BCUT2D eigenvalue weighted by Crippen LogP contribution is -1.72. The van der Waals surface area contributed by atoms with Crippen LogP contribution >= 0.6 is 15.9 Å². The van der Waals surface area contributed by atoms with Crippen LogP contribution in [0.4, 0.5) is 0 Å². The maximum atomic E-state index is 3.48. The highest BCUT2D eigenvalue weighted by atomic mass is 79.9. The monoisotopic (exact) mass is 210 g/mol. The molecule has 0 atom stereocenters. The van der Waals surface area contributed by atoms with Gasteiger partial charge in [0.25, 0.3) is 0 Å². The van der Waals surface area contributed by atoms with Crippen molar-refractivity contribution in [2.75, 3.05) is 0 Å². The molecule has 0 unspecified atom stereocenters. The van der Waals surface area contributed by atoms with Gasteiger partial charge in [0.2, 0.25) is 0 Å². The van der Waals surface area contributed by atoms with Crippen molar-refractivity contribution in [2.24, 2.45) is 0 Å². The van der Waals surface area contributed by atoms with Crippen LogP contribution in [0.25, 0.3) is 6.08 Å². The van der Waals surface area contributed by atoms with Gasteiger partial charge in [0.05, 0.1) is 0 Å². The van der Waals surface area contributed by atoms with Crippen LogP contribution in [-0.4, -0.2) is 0 Å². The van der Waals surface area contributed by atoms with Gasteiger partial charge in [0.1, 0.15) is 0 Å². The van der Waals surface area contributed by atoms with Gasteiger partial charge in [-0.2, -0.15) is 0 Å². The predicted molar refractivity (Wildman–Crippen MR) is 53.5 cm³/mol. The van der Waals surface area contributed by atoms with Gasteiger partial charge < -0.3 is 0 Å². The summed E-state index contributed by atoms with van der Waals surface area (Å²) in [7, 11) is 0. The second-order valence-corrected chi connectivity index (χ2v) is 3.19. The van der Waals surface area contributed by atoms with Crippen LogP contribution in [0, 0.1) is 0 Å². The van der Waals surface area contributed by atoms with E-state index < -0.39 is 0 Å². The average Bonchev–Trinajstić information content (AvgIpc) is 2.03. The highest BCUT2D eigenvalue weighted by molar-refractivity contribution is 9.10. The first-order valence-corrected chi connectivity index (χ1v) is 4.55. The van der Waals surface area contributed by atoms with Gasteiger partial charge in [-0.05, 0) is 18.1 Å². The fraction of sp³-hybridized carbons (Fsp3) is 0.200. The van der Waals surface area contributed by atoms with Crippen LogP contribution in [0.15, 0.2) is 34.8 Å². The lowest BCUT2D eigenvalue weighted by Gasteiger charge is -1.95. The molecule has 0 saturated heterocycles. The van der Waals surface area contributed by atoms with Crippen LogP contribution in [0.2, 0.25) is 0 Å². The Labute approximate surface area is 76.1 Å². The number of rotatable bonds is 2. The van der Waals surface area contributed by atoms with Crippen molar-refractivity contribution in [3.8, 4) is 0 Å². The van der Waals surface area contributed by atoms with E-state index in [-0.39, 0.29) is 0 Å². The first kappa shape index (κ1) is 8.54. The summed E-state index contributed by atoms with van der Waals surface area (Å²) < 4.78 is 1.16. The Hall–Kier alpha value is -0.560. The second kappa shape index (κ2) is 4.35. The van der Waals surface area contributed by atoms with E-state index in [0.717, 1.165) is 10.9 Å². The molecule has 0 aromatic heterocycles. The SMILES string of the molecule is CC/C=C/c1ccccc1Br. The Morgan fingerprint density at radius 2 is 2.09 bits per heavy atom. The summed E-state index contributed by atoms with van der Waals surface area (Å²) in [6, 6.07) is 8.21. The van der Waals surface area contributed by atoms with Crippen molar-refractivity contribution in [2.45, 2.75) is 13.3 Å². The Kier molecular flexibility index (Phi) is 3.37. The molecule has 0 spiro atoms. The third kappa shape index (κ3) is 2.51. The zero-order chi connectivity index (χ0) is 8.10. The van der Waals surface area contributed by atoms with Gasteiger partial charge in [0.15, 0.2) is 0 Å². The smallest absolute Gasteiger partial charge is 0.0247 e. The summed E-state index contributed by atoms with van der Waals surface area (Å²) in [5.74, 6) is 0. The maximum Gasteiger partial charge on any atom is 0.0247 e. The summed E-state index contributed by atoms with van der Waals surface area (Å²) >= 11 is 3.48. The van der Waals surface area contributed by atoms with Gasteiger partial charge in [-0.15, -0.1) is 0 Å². The molecule has 1 aromatic rings. The maximum absolute atomic E-state index is 3.48. The normalized spacial score (nSPS) is 10.7. The van der Waals surface area contributed by atoms with Gasteiger partial charge in [-0.25, -0.2) is 0 Å². The third-order valence-electron chi connectivity index (χ3n) is 1.44. The molecular weight excluding hydrogens is 200 g/mol. The molecule has 0 bridgehead atoms. The fourth-order valence-electron chi connectivity index (χ4n) is 0.855. The van der Waals surface area contributed by atoms with E-state index in [4.69, 9.17) is 0 Å². The van der Waals surface area contributed by atoms with Gasteiger partial charge in [-0.1, -0.05) is 53.2 Å². The summed E-state index contributed by atoms with van der Waals surface area (Å²) in [6.07, 6.45) is 5.37. The van der Waals surface area contributed by atoms with E-state index >= 15 is 0 Å². The molecule has 11 heavy (non-hydrogen) atoms. The van der Waals surface area contributed by atoms with Crippen molar-refractivity contribution < 1.29 is 0 Å². The topological polar surface area (TPSA) is 0 Å². The highest BCUT2D eigenvalue weighted by Gasteiger charge is 1.90. The summed E-state index contributed by atoms with van der Waals surface area (Å²) in [4.78, 5) is 0. The minimum absolute atomic E-state index is 1.08. The molecule has 0 aliphatic rings. The predicted octanol–water partition coefficient (Wildman–Crippen LogP) is 3.87. The minimum Gasteiger partial charge on any atom is -0.0842 e. The van der Waals surface area contributed by atoms with E-state index in [1.807, 2.05) is 12.1 Å². The lowest BCUT2D eigenvalue weighted by molar-refractivity contribution is 1.23. The minimum atomic E-state index is 1.08. The Morgan fingerprint density at radius 3 is 2.73 bits per heavy atom. The molecule has 0 aliphatic heterocycles. The van der Waals surface area contributed by atoms with E-state index in [1.54, 1.807) is 0 Å². The number of benzene rings is 1. The molecule has 1 aromatic carbocycles. The molecule has 0 radical (unpaired) electrons. The highest BCUT2D eigenvalue weighted by Crippen LogP contribution is 2.17. The van der Waals surface area contributed by atoms with Crippen LogP contribution < -0.4 is 0 Å². The second-order valence-electron chi connectivity index (χ2n) is 2.33. The zero-order valence-electron chi connectivity index (χ0n) is 6.55. The zero-order valence-corrected chi connectivity index (χ0v) is 8.14. The standard InChI is InChI=1S/C10H11Br/c1-2-3-6-9-7-4-5-8-10(9)11/h3-8H,2H2,1H3/b6-3+. The van der Waals surface area contributed by atoms with Crippen molar-refractivity contribution in [1.29, 1.82) is 0 Å². The van der Waals surface area contributed by atoms with Crippen molar-refractivity contribution in [1.82, 2.24) is 0 Å². The van der Waals surface area contributed by atoms with Crippen molar-refractivity contribution in [3.63, 3.8) is 0 Å². The molecule has 0 heterocycles. The van der Waals surface area contributed by atoms with Gasteiger partial charge in [-0.3, -0.25) is 0 Å². The van der Waals surface area contributed by atoms with E-state index in [2.05, 4.69) is 47.1 Å². The van der Waals surface area contributed by atoms with Crippen molar-refractivity contribution >= 4 is 22.0 Å². The van der Waals surface area contributed by atoms with Gasteiger partial charge >= 0.3 is 0 Å². The Balaban J connectivity index is 2.86. The Morgan fingerprint density at radius 1 is 1.36 bits per heavy atom. The summed E-state index contributed by atoms with van der Waals surface area (Å²) in [5, 5.41) is 0. The largest absolute Gasteiger partial charge is 0.0842 e. The number of allylic oxidation sites excluding steroid dienone is 1. The van der Waals surface area contributed by atoms with Crippen LogP contribution in [0.3, 0.4) is 0 Å². The van der Waals surface area contributed by atoms with E-state index in [0.29, 0.717) is 0 Å². The lowest BCUT2D eigenvalue weighted by atomic mass is 10.2. The third-order valence-corrected chi connectivity index (χ3v) is 2.16. The first-order valence-electron chi connectivity index (χ1n) is 3.75. The number of halogens is 1. The molecule has 0 saturated carbocycles. The first-order chi connectivity index (χ1) is 5.34.